The fourth-order valence-corrected chi connectivity index (χ4v) is 4.72. The van der Waals surface area contributed by atoms with Crippen molar-refractivity contribution in [2.75, 3.05) is 40.4 Å². The molecule has 2 aromatic carbocycles. The molecule has 9 nitrogen and oxygen atoms in total. The number of sulfonamides is 1. The summed E-state index contributed by atoms with van der Waals surface area (Å²) in [7, 11) is -0.902. The Morgan fingerprint density at radius 1 is 0.900 bits per heavy atom. The molecule has 1 amide bonds. The molecule has 1 heterocycles. The first-order valence-corrected chi connectivity index (χ1v) is 10.6. The van der Waals surface area contributed by atoms with E-state index in [9.17, 15) is 23.1 Å². The van der Waals surface area contributed by atoms with Crippen LogP contribution in [0.4, 0.5) is 0 Å². The van der Waals surface area contributed by atoms with Crippen LogP contribution in [0.5, 0.6) is 11.5 Å². The minimum absolute atomic E-state index is 0.0659. The summed E-state index contributed by atoms with van der Waals surface area (Å²) in [6.07, 6.45) is 0. The summed E-state index contributed by atoms with van der Waals surface area (Å²) in [6.45, 7) is 0.494. The quantitative estimate of drug-likeness (QED) is 0.734. The Kier molecular flexibility index (Phi) is 6.28. The van der Waals surface area contributed by atoms with Gasteiger partial charge >= 0.3 is 5.97 Å². The minimum atomic E-state index is -3.79. The van der Waals surface area contributed by atoms with E-state index in [1.54, 1.807) is 12.1 Å². The van der Waals surface area contributed by atoms with E-state index in [-0.39, 0.29) is 42.2 Å². The summed E-state index contributed by atoms with van der Waals surface area (Å²) in [4.78, 5) is 25.7. The summed E-state index contributed by atoms with van der Waals surface area (Å²) in [5, 5.41) is 9.29. The van der Waals surface area contributed by atoms with E-state index >= 15 is 0 Å². The van der Waals surface area contributed by atoms with Gasteiger partial charge in [-0.1, -0.05) is 12.1 Å². The van der Waals surface area contributed by atoms with Crippen LogP contribution in [-0.2, 0) is 10.0 Å². The monoisotopic (exact) mass is 434 g/mol. The lowest BCUT2D eigenvalue weighted by atomic mass is 10.1. The normalized spacial score (nSPS) is 14.9. The van der Waals surface area contributed by atoms with Gasteiger partial charge in [0.15, 0.2) is 11.5 Å². The van der Waals surface area contributed by atoms with Crippen LogP contribution in [-0.4, -0.2) is 75.0 Å². The maximum Gasteiger partial charge on any atom is 0.336 e. The average molecular weight is 434 g/mol. The third-order valence-electron chi connectivity index (χ3n) is 4.91. The van der Waals surface area contributed by atoms with Crippen molar-refractivity contribution in [3.05, 3.63) is 53.6 Å². The number of amides is 1. The van der Waals surface area contributed by atoms with Crippen molar-refractivity contribution >= 4 is 21.9 Å². The largest absolute Gasteiger partial charge is 0.493 e. The van der Waals surface area contributed by atoms with Crippen LogP contribution in [0.2, 0.25) is 0 Å². The molecule has 0 aliphatic carbocycles. The number of carboxylic acids is 1. The van der Waals surface area contributed by atoms with Crippen LogP contribution in [0.15, 0.2) is 47.4 Å². The van der Waals surface area contributed by atoms with Crippen molar-refractivity contribution < 1.29 is 32.6 Å². The molecule has 1 aliphatic rings. The predicted octanol–water partition coefficient (Wildman–Crippen LogP) is 1.55. The van der Waals surface area contributed by atoms with Crippen molar-refractivity contribution in [2.24, 2.45) is 0 Å². The number of hydrogen-bond acceptors (Lipinski definition) is 6. The summed E-state index contributed by atoms with van der Waals surface area (Å²) < 4.78 is 37.6. The van der Waals surface area contributed by atoms with Gasteiger partial charge in [0.05, 0.1) is 30.2 Å². The zero-order valence-corrected chi connectivity index (χ0v) is 17.4. The number of methoxy groups -OCH3 is 2. The summed E-state index contributed by atoms with van der Waals surface area (Å²) in [5.74, 6) is -0.897. The van der Waals surface area contributed by atoms with E-state index < -0.39 is 21.9 Å². The highest BCUT2D eigenvalue weighted by Crippen LogP contribution is 2.31. The van der Waals surface area contributed by atoms with Crippen molar-refractivity contribution in [1.82, 2.24) is 9.21 Å². The van der Waals surface area contributed by atoms with Crippen LogP contribution in [0, 0.1) is 0 Å². The molecule has 0 bridgehead atoms. The molecule has 1 aliphatic heterocycles. The fraction of sp³-hybridized carbons (Fsp3) is 0.300. The first-order chi connectivity index (χ1) is 14.3. The number of carboxylic acid groups (broad SMARTS) is 1. The molecule has 2 aromatic rings. The maximum absolute atomic E-state index is 13.0. The van der Waals surface area contributed by atoms with E-state index in [1.807, 2.05) is 0 Å². The van der Waals surface area contributed by atoms with Gasteiger partial charge in [0.1, 0.15) is 0 Å². The molecule has 1 N–H and O–H groups in total. The number of benzene rings is 2. The molecular weight excluding hydrogens is 412 g/mol. The SMILES string of the molecule is COc1ccc(S(=O)(=O)N2CCN(C(=O)c3ccccc3C(=O)O)CC2)cc1OC. The van der Waals surface area contributed by atoms with E-state index in [0.29, 0.717) is 11.5 Å². The lowest BCUT2D eigenvalue weighted by Crippen LogP contribution is -2.50. The molecule has 0 aromatic heterocycles. The number of aromatic carboxylic acids is 1. The van der Waals surface area contributed by atoms with Crippen LogP contribution in [0.25, 0.3) is 0 Å². The first-order valence-electron chi connectivity index (χ1n) is 9.13. The van der Waals surface area contributed by atoms with Crippen LogP contribution in [0.1, 0.15) is 20.7 Å². The molecule has 0 unspecified atom stereocenters. The standard InChI is InChI=1S/C20H22N2O7S/c1-28-17-8-7-14(13-18(17)29-2)30(26,27)22-11-9-21(10-12-22)19(23)15-5-3-4-6-16(15)20(24)25/h3-8,13H,9-12H2,1-2H3,(H,24,25). The fourth-order valence-electron chi connectivity index (χ4n) is 3.28. The molecule has 30 heavy (non-hydrogen) atoms. The van der Waals surface area contributed by atoms with Crippen molar-refractivity contribution in [3.63, 3.8) is 0 Å². The van der Waals surface area contributed by atoms with Gasteiger partial charge in [-0.25, -0.2) is 13.2 Å². The van der Waals surface area contributed by atoms with Crippen molar-refractivity contribution in [2.45, 2.75) is 4.90 Å². The van der Waals surface area contributed by atoms with E-state index in [4.69, 9.17) is 9.47 Å². The second-order valence-corrected chi connectivity index (χ2v) is 8.50. The summed E-state index contributed by atoms with van der Waals surface area (Å²) >= 11 is 0. The third-order valence-corrected chi connectivity index (χ3v) is 6.80. The van der Waals surface area contributed by atoms with Crippen LogP contribution >= 0.6 is 0 Å². The van der Waals surface area contributed by atoms with E-state index in [0.717, 1.165) is 0 Å². The van der Waals surface area contributed by atoms with E-state index in [1.165, 1.54) is 53.8 Å². The van der Waals surface area contributed by atoms with Gasteiger partial charge in [0.25, 0.3) is 5.91 Å². The Morgan fingerprint density at radius 3 is 2.07 bits per heavy atom. The lowest BCUT2D eigenvalue weighted by Gasteiger charge is -2.34. The Bertz CT molecular complexity index is 1060. The smallest absolute Gasteiger partial charge is 0.336 e. The van der Waals surface area contributed by atoms with Gasteiger partial charge in [0.2, 0.25) is 10.0 Å². The van der Waals surface area contributed by atoms with Gasteiger partial charge in [0, 0.05) is 32.2 Å². The van der Waals surface area contributed by atoms with Crippen molar-refractivity contribution in [1.29, 1.82) is 0 Å². The van der Waals surface area contributed by atoms with Gasteiger partial charge in [-0.15, -0.1) is 0 Å². The number of carbonyl (C=O) groups excluding carboxylic acids is 1. The summed E-state index contributed by atoms with van der Waals surface area (Å²) in [5.41, 5.74) is 0.00377. The molecule has 10 heteroatoms. The van der Waals surface area contributed by atoms with Gasteiger partial charge in [-0.2, -0.15) is 4.31 Å². The number of piperazine rings is 1. The summed E-state index contributed by atoms with van der Waals surface area (Å²) in [6, 6.07) is 10.3. The second-order valence-electron chi connectivity index (χ2n) is 6.56. The Morgan fingerprint density at radius 2 is 1.50 bits per heavy atom. The van der Waals surface area contributed by atoms with Crippen LogP contribution < -0.4 is 9.47 Å². The highest BCUT2D eigenvalue weighted by Gasteiger charge is 2.32. The molecule has 1 saturated heterocycles. The van der Waals surface area contributed by atoms with Crippen molar-refractivity contribution in [3.8, 4) is 11.5 Å². The van der Waals surface area contributed by atoms with Crippen LogP contribution in [0.3, 0.4) is 0 Å². The number of rotatable bonds is 6. The van der Waals surface area contributed by atoms with Gasteiger partial charge in [-0.3, -0.25) is 4.79 Å². The van der Waals surface area contributed by atoms with Gasteiger partial charge in [-0.05, 0) is 24.3 Å². The number of nitrogens with zero attached hydrogens (tertiary/aromatic N) is 2. The Labute approximate surface area is 174 Å². The molecule has 1 fully saturated rings. The first kappa shape index (κ1) is 21.6. The molecular formula is C20H22N2O7S. The molecule has 0 radical (unpaired) electrons. The average Bonchev–Trinajstić information content (AvgIpc) is 2.78. The Balaban J connectivity index is 1.75. The predicted molar refractivity (Wildman–Crippen MR) is 108 cm³/mol. The zero-order chi connectivity index (χ0) is 21.9. The number of carbonyl (C=O) groups is 2. The van der Waals surface area contributed by atoms with E-state index in [2.05, 4.69) is 0 Å². The Hall–Kier alpha value is -3.11. The number of ether oxygens (including phenoxy) is 2. The second kappa shape index (κ2) is 8.72. The van der Waals surface area contributed by atoms with Gasteiger partial charge < -0.3 is 19.5 Å². The molecule has 0 saturated carbocycles. The molecule has 160 valence electrons. The number of hydrogen-bond donors (Lipinski definition) is 1. The topological polar surface area (TPSA) is 113 Å². The molecule has 0 spiro atoms. The highest BCUT2D eigenvalue weighted by atomic mass is 32.2. The highest BCUT2D eigenvalue weighted by molar-refractivity contribution is 7.89. The minimum Gasteiger partial charge on any atom is -0.493 e. The molecule has 3 rings (SSSR count). The third kappa shape index (κ3) is 4.10. The maximum atomic E-state index is 13.0. The molecule has 0 atom stereocenters. The lowest BCUT2D eigenvalue weighted by molar-refractivity contribution is 0.0656. The zero-order valence-electron chi connectivity index (χ0n) is 16.6.